The molecule has 0 aliphatic carbocycles. The second-order valence-electron chi connectivity index (χ2n) is 7.84. The number of benzene rings is 3. The van der Waals surface area contributed by atoms with Gasteiger partial charge in [0.25, 0.3) is 0 Å². The number of nitrogens with one attached hydrogen (secondary N) is 1. The molecule has 2 unspecified atom stereocenters. The molecule has 2 atom stereocenters. The number of hydrogen-bond donors (Lipinski definition) is 2. The first-order chi connectivity index (χ1) is 16.0. The zero-order valence-electron chi connectivity index (χ0n) is 18.2. The molecule has 0 fully saturated rings. The maximum absolute atomic E-state index is 11.0. The van der Waals surface area contributed by atoms with E-state index in [1.54, 1.807) is 6.07 Å². The summed E-state index contributed by atoms with van der Waals surface area (Å²) < 4.78 is 11.5. The molecule has 0 saturated heterocycles. The van der Waals surface area contributed by atoms with E-state index in [9.17, 15) is 4.79 Å². The molecule has 0 aliphatic rings. The minimum Gasteiger partial charge on any atom is -0.479 e. The Morgan fingerprint density at radius 2 is 1.91 bits per heavy atom. The highest BCUT2D eigenvalue weighted by molar-refractivity contribution is 6.30. The number of carboxylic acid groups (broad SMARTS) is 1. The van der Waals surface area contributed by atoms with Crippen molar-refractivity contribution in [1.29, 1.82) is 0 Å². The van der Waals surface area contributed by atoms with Crippen molar-refractivity contribution in [2.45, 2.75) is 31.9 Å². The number of aliphatic carboxylic acids is 1. The molecule has 6 nitrogen and oxygen atoms in total. The van der Waals surface area contributed by atoms with Crippen LogP contribution < -0.4 is 10.1 Å². The first kappa shape index (κ1) is 22.8. The highest BCUT2D eigenvalue weighted by atomic mass is 35.5. The summed E-state index contributed by atoms with van der Waals surface area (Å²) >= 11 is 6.09. The molecule has 4 aromatic rings. The van der Waals surface area contributed by atoms with E-state index in [4.69, 9.17) is 30.8 Å². The first-order valence-electron chi connectivity index (χ1n) is 10.8. The molecular weight excluding hydrogens is 440 g/mol. The van der Waals surface area contributed by atoms with Crippen LogP contribution in [0, 0.1) is 0 Å². The van der Waals surface area contributed by atoms with Crippen LogP contribution in [0.4, 0.5) is 0 Å². The van der Waals surface area contributed by atoms with Gasteiger partial charge in [0.2, 0.25) is 5.89 Å². The van der Waals surface area contributed by atoms with E-state index >= 15 is 0 Å². The lowest BCUT2D eigenvalue weighted by molar-refractivity contribution is -0.144. The number of carbonyl (C=O) groups is 1. The predicted molar refractivity (Wildman–Crippen MR) is 128 cm³/mol. The topological polar surface area (TPSA) is 84.6 Å². The molecule has 4 rings (SSSR count). The van der Waals surface area contributed by atoms with Crippen LogP contribution in [0.2, 0.25) is 5.02 Å². The van der Waals surface area contributed by atoms with Gasteiger partial charge in [-0.05, 0) is 67.4 Å². The summed E-state index contributed by atoms with van der Waals surface area (Å²) in [5, 5.41) is 13.2. The summed E-state index contributed by atoms with van der Waals surface area (Å²) in [6, 6.07) is 23.0. The third kappa shape index (κ3) is 5.92. The number of rotatable bonds is 10. The Morgan fingerprint density at radius 3 is 2.67 bits per heavy atom. The van der Waals surface area contributed by atoms with Crippen molar-refractivity contribution in [2.24, 2.45) is 0 Å². The van der Waals surface area contributed by atoms with E-state index in [2.05, 4.69) is 5.32 Å². The van der Waals surface area contributed by atoms with Gasteiger partial charge >= 0.3 is 5.97 Å². The van der Waals surface area contributed by atoms with Gasteiger partial charge in [-0.3, -0.25) is 0 Å². The van der Waals surface area contributed by atoms with Crippen LogP contribution in [0.15, 0.2) is 77.2 Å². The van der Waals surface area contributed by atoms with E-state index in [1.165, 1.54) is 6.92 Å². The van der Waals surface area contributed by atoms with Crippen molar-refractivity contribution in [3.05, 3.63) is 94.8 Å². The summed E-state index contributed by atoms with van der Waals surface area (Å²) in [4.78, 5) is 15.7. The van der Waals surface area contributed by atoms with E-state index in [1.807, 2.05) is 66.7 Å². The highest BCUT2D eigenvalue weighted by Crippen LogP contribution is 2.30. The minimum absolute atomic E-state index is 0.0201. The summed E-state index contributed by atoms with van der Waals surface area (Å²) in [7, 11) is 0. The molecule has 170 valence electrons. The molecule has 1 heterocycles. The van der Waals surface area contributed by atoms with Crippen molar-refractivity contribution in [3.8, 4) is 5.75 Å². The average Bonchev–Trinajstić information content (AvgIpc) is 3.24. The zero-order chi connectivity index (χ0) is 23.2. The number of hydrogen-bond acceptors (Lipinski definition) is 5. The summed E-state index contributed by atoms with van der Waals surface area (Å²) in [6.07, 6.45) is -0.120. The smallest absolute Gasteiger partial charge is 0.344 e. The quantitative estimate of drug-likeness (QED) is 0.295. The van der Waals surface area contributed by atoms with E-state index in [0.29, 0.717) is 23.2 Å². The fourth-order valence-corrected chi connectivity index (χ4v) is 3.76. The van der Waals surface area contributed by atoms with Crippen molar-refractivity contribution >= 4 is 28.7 Å². The molecule has 0 bridgehead atoms. The molecule has 0 aliphatic heterocycles. The van der Waals surface area contributed by atoms with Gasteiger partial charge in [-0.2, -0.15) is 0 Å². The molecule has 0 amide bonds. The number of aromatic nitrogens is 1. The van der Waals surface area contributed by atoms with Gasteiger partial charge in [-0.15, -0.1) is 0 Å². The van der Waals surface area contributed by atoms with Crippen LogP contribution in [0.1, 0.15) is 36.3 Å². The van der Waals surface area contributed by atoms with E-state index in [-0.39, 0.29) is 5.92 Å². The van der Waals surface area contributed by atoms with Crippen molar-refractivity contribution in [1.82, 2.24) is 10.3 Å². The molecule has 2 N–H and O–H groups in total. The van der Waals surface area contributed by atoms with Gasteiger partial charge in [-0.1, -0.05) is 48.0 Å². The summed E-state index contributed by atoms with van der Waals surface area (Å²) in [5.41, 5.74) is 3.71. The third-order valence-corrected chi connectivity index (χ3v) is 5.63. The Labute approximate surface area is 197 Å². The minimum atomic E-state index is -0.994. The van der Waals surface area contributed by atoms with Crippen LogP contribution >= 0.6 is 11.6 Å². The Balaban J connectivity index is 1.42. The van der Waals surface area contributed by atoms with Gasteiger partial charge in [0.15, 0.2) is 11.7 Å². The van der Waals surface area contributed by atoms with Crippen molar-refractivity contribution < 1.29 is 19.1 Å². The van der Waals surface area contributed by atoms with Crippen LogP contribution in [-0.4, -0.2) is 28.7 Å². The largest absolute Gasteiger partial charge is 0.479 e. The number of oxazole rings is 1. The van der Waals surface area contributed by atoms with Crippen LogP contribution in [0.25, 0.3) is 11.1 Å². The lowest BCUT2D eigenvalue weighted by Gasteiger charge is -2.15. The zero-order valence-corrected chi connectivity index (χ0v) is 19.0. The maximum Gasteiger partial charge on any atom is 0.344 e. The molecule has 1 aromatic heterocycles. The number of carboxylic acids is 1. The van der Waals surface area contributed by atoms with E-state index in [0.717, 1.165) is 35.2 Å². The second-order valence-corrected chi connectivity index (χ2v) is 8.27. The number of halogens is 1. The number of nitrogens with zero attached hydrogens (tertiary/aromatic N) is 1. The van der Waals surface area contributed by atoms with Gasteiger partial charge in [-0.25, -0.2) is 9.78 Å². The number of para-hydroxylation sites is 2. The monoisotopic (exact) mass is 464 g/mol. The third-order valence-electron chi connectivity index (χ3n) is 5.38. The molecule has 0 saturated carbocycles. The normalized spacial score (nSPS) is 13.0. The molecule has 7 heteroatoms. The van der Waals surface area contributed by atoms with Crippen molar-refractivity contribution in [2.75, 3.05) is 6.54 Å². The van der Waals surface area contributed by atoms with Crippen LogP contribution in [0.5, 0.6) is 5.75 Å². The highest BCUT2D eigenvalue weighted by Gasteiger charge is 2.20. The predicted octanol–water partition coefficient (Wildman–Crippen LogP) is 5.64. The van der Waals surface area contributed by atoms with Gasteiger partial charge in [0.05, 0.1) is 5.92 Å². The summed E-state index contributed by atoms with van der Waals surface area (Å²) in [5.74, 6) is 0.201. The molecular formula is C26H25ClN2O4. The Kier molecular flexibility index (Phi) is 7.27. The standard InChI is InChI=1S/C26H25ClN2O4/c1-17(26(30)31)32-21-6-4-5-18(15-21)16-28-14-13-22(19-9-11-20(27)12-10-19)25-29-23-7-2-3-8-24(23)33-25/h2-12,15,17,22,28H,13-14,16H2,1H3,(H,30,31). The SMILES string of the molecule is CC(Oc1cccc(CNCCC(c2ccc(Cl)cc2)c2nc3ccccc3o2)c1)C(=O)O. The number of fused-ring (bicyclic) bond motifs is 1. The summed E-state index contributed by atoms with van der Waals surface area (Å²) in [6.45, 7) is 2.86. The molecule has 33 heavy (non-hydrogen) atoms. The fraction of sp³-hybridized carbons (Fsp3) is 0.231. The van der Waals surface area contributed by atoms with Crippen molar-refractivity contribution in [3.63, 3.8) is 0 Å². The lowest BCUT2D eigenvalue weighted by atomic mass is 9.95. The van der Waals surface area contributed by atoms with Gasteiger partial charge in [0.1, 0.15) is 11.3 Å². The number of ether oxygens (including phenoxy) is 1. The Morgan fingerprint density at radius 1 is 1.12 bits per heavy atom. The van der Waals surface area contributed by atoms with Crippen LogP contribution in [-0.2, 0) is 11.3 Å². The first-order valence-corrected chi connectivity index (χ1v) is 11.2. The molecule has 3 aromatic carbocycles. The van der Waals surface area contributed by atoms with E-state index < -0.39 is 12.1 Å². The lowest BCUT2D eigenvalue weighted by Crippen LogP contribution is -2.23. The van der Waals surface area contributed by atoms with Gasteiger partial charge < -0.3 is 19.6 Å². The Bertz CT molecular complexity index is 1190. The fourth-order valence-electron chi connectivity index (χ4n) is 3.63. The second kappa shape index (κ2) is 10.5. The molecule has 0 radical (unpaired) electrons. The van der Waals surface area contributed by atoms with Gasteiger partial charge in [0, 0.05) is 11.6 Å². The molecule has 0 spiro atoms. The average molecular weight is 465 g/mol. The van der Waals surface area contributed by atoms with Crippen LogP contribution in [0.3, 0.4) is 0 Å². The maximum atomic E-state index is 11.0. The Hall–Kier alpha value is -3.35.